The molecule has 1 saturated heterocycles. The minimum atomic E-state index is 0.654. The fourth-order valence-corrected chi connectivity index (χ4v) is 7.82. The van der Waals surface area contributed by atoms with Crippen LogP contribution in [0.25, 0.3) is 0 Å². The predicted molar refractivity (Wildman–Crippen MR) is 119 cm³/mol. The molecule has 2 aromatic rings. The largest absolute Gasteiger partial charge is 0.337 e. The molecule has 5 atom stereocenters. The van der Waals surface area contributed by atoms with E-state index in [2.05, 4.69) is 52.3 Å². The van der Waals surface area contributed by atoms with Gasteiger partial charge in [-0.1, -0.05) is 42.8 Å². The van der Waals surface area contributed by atoms with E-state index in [4.69, 9.17) is 0 Å². The van der Waals surface area contributed by atoms with Crippen molar-refractivity contribution in [1.82, 2.24) is 4.90 Å². The molecule has 0 amide bonds. The van der Waals surface area contributed by atoms with Gasteiger partial charge in [-0.3, -0.25) is 0 Å². The molecule has 29 heavy (non-hydrogen) atoms. The topological polar surface area (TPSA) is 6.48 Å². The summed E-state index contributed by atoms with van der Waals surface area (Å²) in [5.41, 5.74) is 7.83. The number of anilines is 2. The van der Waals surface area contributed by atoms with E-state index in [0.29, 0.717) is 12.0 Å². The van der Waals surface area contributed by atoms with Gasteiger partial charge in [0.15, 0.2) is 0 Å². The highest BCUT2D eigenvalue weighted by molar-refractivity contribution is 5.79. The zero-order valence-electron chi connectivity index (χ0n) is 17.4. The van der Waals surface area contributed by atoms with Crippen molar-refractivity contribution in [3.63, 3.8) is 0 Å². The Labute approximate surface area is 174 Å². The molecule has 5 aliphatic rings. The first kappa shape index (κ1) is 16.9. The lowest BCUT2D eigenvalue weighted by atomic mass is 9.85. The molecular weight excluding hydrogens is 352 g/mol. The van der Waals surface area contributed by atoms with Gasteiger partial charge in [-0.2, -0.15) is 0 Å². The maximum atomic E-state index is 2.85. The molecule has 2 heteroatoms. The van der Waals surface area contributed by atoms with Crippen molar-refractivity contribution in [2.75, 3.05) is 24.5 Å². The van der Waals surface area contributed by atoms with Crippen molar-refractivity contribution < 1.29 is 0 Å². The van der Waals surface area contributed by atoms with Gasteiger partial charge in [-0.05, 0) is 79.0 Å². The quantitative estimate of drug-likeness (QED) is 0.671. The number of benzene rings is 2. The Morgan fingerprint density at radius 3 is 2.66 bits per heavy atom. The second kappa shape index (κ2) is 6.35. The molecular formula is C27H32N2. The Morgan fingerprint density at radius 2 is 1.76 bits per heavy atom. The third-order valence-electron chi connectivity index (χ3n) is 9.08. The minimum Gasteiger partial charge on any atom is -0.337 e. The van der Waals surface area contributed by atoms with Crippen LogP contribution in [0.5, 0.6) is 0 Å². The van der Waals surface area contributed by atoms with Crippen molar-refractivity contribution in [3.8, 4) is 0 Å². The number of fused-ring (bicyclic) bond motifs is 7. The number of rotatable bonds is 2. The van der Waals surface area contributed by atoms with Crippen LogP contribution in [-0.4, -0.2) is 30.6 Å². The summed E-state index contributed by atoms with van der Waals surface area (Å²) in [6.45, 7) is 3.93. The van der Waals surface area contributed by atoms with Gasteiger partial charge in [-0.25, -0.2) is 0 Å². The van der Waals surface area contributed by atoms with E-state index < -0.39 is 0 Å². The maximum absolute atomic E-state index is 2.85. The number of para-hydroxylation sites is 2. The van der Waals surface area contributed by atoms with Gasteiger partial charge in [-0.15, -0.1) is 0 Å². The van der Waals surface area contributed by atoms with E-state index >= 15 is 0 Å². The average Bonchev–Trinajstić information content (AvgIpc) is 3.42. The van der Waals surface area contributed by atoms with Crippen molar-refractivity contribution in [2.24, 2.45) is 17.8 Å². The van der Waals surface area contributed by atoms with E-state index in [0.717, 1.165) is 17.8 Å². The number of hydrogen-bond acceptors (Lipinski definition) is 2. The molecule has 2 aromatic carbocycles. The fraction of sp³-hybridized carbons (Fsp3) is 0.556. The lowest BCUT2D eigenvalue weighted by Gasteiger charge is -2.41. The zero-order valence-corrected chi connectivity index (χ0v) is 17.4. The number of likely N-dealkylation sites (tertiary alicyclic amines) is 1. The number of aryl methyl sites for hydroxylation is 2. The van der Waals surface area contributed by atoms with Crippen molar-refractivity contribution in [3.05, 3.63) is 59.2 Å². The summed E-state index contributed by atoms with van der Waals surface area (Å²) < 4.78 is 0. The van der Waals surface area contributed by atoms with Gasteiger partial charge >= 0.3 is 0 Å². The van der Waals surface area contributed by atoms with E-state index in [1.54, 1.807) is 28.8 Å². The van der Waals surface area contributed by atoms with E-state index in [1.165, 1.54) is 63.8 Å². The number of piperidine rings is 1. The van der Waals surface area contributed by atoms with Gasteiger partial charge in [0.2, 0.25) is 0 Å². The van der Waals surface area contributed by atoms with Crippen molar-refractivity contribution in [1.29, 1.82) is 0 Å². The third-order valence-corrected chi connectivity index (χ3v) is 9.08. The summed E-state index contributed by atoms with van der Waals surface area (Å²) in [6.07, 6.45) is 9.79. The third kappa shape index (κ3) is 2.51. The smallest absolute Gasteiger partial charge is 0.0483 e. The van der Waals surface area contributed by atoms with Crippen LogP contribution in [-0.2, 0) is 12.8 Å². The van der Waals surface area contributed by atoms with Gasteiger partial charge in [0.05, 0.1) is 0 Å². The second-order valence-corrected chi connectivity index (χ2v) is 10.5. The van der Waals surface area contributed by atoms with Gasteiger partial charge in [0, 0.05) is 43.0 Å². The summed E-state index contributed by atoms with van der Waals surface area (Å²) in [6, 6.07) is 17.0. The molecule has 0 aromatic heterocycles. The first-order valence-corrected chi connectivity index (χ1v) is 12.1. The molecule has 150 valence electrons. The Hall–Kier alpha value is -1.80. The van der Waals surface area contributed by atoms with Gasteiger partial charge in [0.25, 0.3) is 0 Å². The minimum absolute atomic E-state index is 0.654. The second-order valence-electron chi connectivity index (χ2n) is 10.5. The Bertz CT molecular complexity index is 949. The van der Waals surface area contributed by atoms with Crippen LogP contribution in [0.3, 0.4) is 0 Å². The SMILES string of the molecule is c1ccc2c(c1)CCc1cccc3c1N2C1CCN(CC2CC4CCC2C4)CC31. The van der Waals surface area contributed by atoms with Crippen molar-refractivity contribution >= 4 is 11.4 Å². The Morgan fingerprint density at radius 1 is 0.862 bits per heavy atom. The normalized spacial score (nSPS) is 34.6. The summed E-state index contributed by atoms with van der Waals surface area (Å²) in [7, 11) is 0. The summed E-state index contributed by atoms with van der Waals surface area (Å²) in [5, 5.41) is 0. The van der Waals surface area contributed by atoms with Crippen LogP contribution >= 0.6 is 0 Å². The van der Waals surface area contributed by atoms with Gasteiger partial charge in [0.1, 0.15) is 0 Å². The molecule has 0 spiro atoms. The molecule has 3 aliphatic heterocycles. The van der Waals surface area contributed by atoms with E-state index in [-0.39, 0.29) is 0 Å². The predicted octanol–water partition coefficient (Wildman–Crippen LogP) is 5.53. The van der Waals surface area contributed by atoms with E-state index in [1.807, 2.05) is 0 Å². The fourth-order valence-electron chi connectivity index (χ4n) is 7.82. The average molecular weight is 385 g/mol. The molecule has 0 N–H and O–H groups in total. The molecule has 2 nitrogen and oxygen atoms in total. The van der Waals surface area contributed by atoms with Crippen LogP contribution in [0.4, 0.5) is 11.4 Å². The Kier molecular flexibility index (Phi) is 3.71. The highest BCUT2D eigenvalue weighted by atomic mass is 15.2. The Balaban J connectivity index is 1.22. The monoisotopic (exact) mass is 384 g/mol. The molecule has 2 aliphatic carbocycles. The highest BCUT2D eigenvalue weighted by Crippen LogP contribution is 2.53. The van der Waals surface area contributed by atoms with Crippen LogP contribution in [0.2, 0.25) is 0 Å². The first-order valence-electron chi connectivity index (χ1n) is 12.1. The lowest BCUT2D eigenvalue weighted by Crippen LogP contribution is -2.46. The van der Waals surface area contributed by atoms with Crippen LogP contribution in [0.1, 0.15) is 54.7 Å². The number of hydrogen-bond donors (Lipinski definition) is 0. The molecule has 5 unspecified atom stereocenters. The summed E-state index contributed by atoms with van der Waals surface area (Å²) in [4.78, 5) is 5.62. The number of nitrogens with zero attached hydrogens (tertiary/aromatic N) is 2. The first-order chi connectivity index (χ1) is 14.3. The van der Waals surface area contributed by atoms with Crippen LogP contribution < -0.4 is 4.90 Å². The maximum Gasteiger partial charge on any atom is 0.0483 e. The molecule has 3 fully saturated rings. The lowest BCUT2D eigenvalue weighted by molar-refractivity contribution is 0.146. The summed E-state index contributed by atoms with van der Waals surface area (Å²) in [5.74, 6) is 3.80. The molecule has 7 rings (SSSR count). The van der Waals surface area contributed by atoms with Crippen LogP contribution in [0, 0.1) is 17.8 Å². The van der Waals surface area contributed by atoms with E-state index in [9.17, 15) is 0 Å². The molecule has 3 heterocycles. The highest BCUT2D eigenvalue weighted by Gasteiger charge is 2.46. The zero-order chi connectivity index (χ0) is 18.9. The van der Waals surface area contributed by atoms with Gasteiger partial charge < -0.3 is 9.80 Å². The van der Waals surface area contributed by atoms with Crippen molar-refractivity contribution in [2.45, 2.75) is 56.9 Å². The standard InChI is InChI=1S/C27H32N2/c1-2-7-25-19(4-1)10-11-20-5-3-6-23-24-17-28(13-12-26(24)29(25)27(20)23)16-22-15-18-8-9-21(22)14-18/h1-7,18,21-22,24,26H,8-17H2. The molecule has 0 radical (unpaired) electrons. The summed E-state index contributed by atoms with van der Waals surface area (Å²) >= 11 is 0. The van der Waals surface area contributed by atoms with Crippen LogP contribution in [0.15, 0.2) is 42.5 Å². The molecule has 2 saturated carbocycles. The molecule has 2 bridgehead atoms.